The fourth-order valence-corrected chi connectivity index (χ4v) is 1.87. The third kappa shape index (κ3) is 4.51. The van der Waals surface area contributed by atoms with Gasteiger partial charge in [-0.2, -0.15) is 0 Å². The molecular weight excluding hydrogens is 244 g/mol. The van der Waals surface area contributed by atoms with Crippen molar-refractivity contribution in [2.45, 2.75) is 52.7 Å². The van der Waals surface area contributed by atoms with Crippen LogP contribution < -0.4 is 10.2 Å². The molecular formula is C15H25ClN2. The predicted molar refractivity (Wildman–Crippen MR) is 81.6 cm³/mol. The van der Waals surface area contributed by atoms with Crippen LogP contribution in [0.4, 0.5) is 5.69 Å². The lowest BCUT2D eigenvalue weighted by atomic mass is 10.1. The van der Waals surface area contributed by atoms with Crippen molar-refractivity contribution >= 4 is 17.3 Å². The van der Waals surface area contributed by atoms with Gasteiger partial charge in [0, 0.05) is 35.9 Å². The number of benzene rings is 1. The van der Waals surface area contributed by atoms with Crippen molar-refractivity contribution in [2.24, 2.45) is 0 Å². The van der Waals surface area contributed by atoms with Crippen molar-refractivity contribution in [1.29, 1.82) is 0 Å². The minimum Gasteiger partial charge on any atom is -0.372 e. The molecule has 2 nitrogen and oxygen atoms in total. The Balaban J connectivity index is 2.97. The maximum absolute atomic E-state index is 6.10. The molecule has 0 radical (unpaired) electrons. The Labute approximate surface area is 116 Å². The summed E-state index contributed by atoms with van der Waals surface area (Å²) < 4.78 is 0. The number of halogens is 1. The number of rotatable bonds is 4. The lowest BCUT2D eigenvalue weighted by Gasteiger charge is -2.28. The number of nitrogens with zero attached hydrogens (tertiary/aromatic N) is 1. The second-order valence-corrected chi connectivity index (χ2v) is 6.52. The summed E-state index contributed by atoms with van der Waals surface area (Å²) in [4.78, 5) is 2.27. The SMILES string of the molecule is CC(C)N(C)c1ccc(Cl)cc1CNC(C)(C)C. The van der Waals surface area contributed by atoms with Gasteiger partial charge in [-0.1, -0.05) is 11.6 Å². The highest BCUT2D eigenvalue weighted by Crippen LogP contribution is 2.25. The van der Waals surface area contributed by atoms with Crippen LogP contribution in [0.1, 0.15) is 40.2 Å². The van der Waals surface area contributed by atoms with Crippen LogP contribution in [0.5, 0.6) is 0 Å². The predicted octanol–water partition coefficient (Wildman–Crippen LogP) is 4.07. The lowest BCUT2D eigenvalue weighted by Crippen LogP contribution is -2.36. The topological polar surface area (TPSA) is 15.3 Å². The minimum atomic E-state index is 0.107. The minimum absolute atomic E-state index is 0.107. The van der Waals surface area contributed by atoms with E-state index in [4.69, 9.17) is 11.6 Å². The molecule has 1 rings (SSSR count). The molecule has 1 N–H and O–H groups in total. The van der Waals surface area contributed by atoms with Crippen molar-refractivity contribution in [1.82, 2.24) is 5.32 Å². The van der Waals surface area contributed by atoms with E-state index in [1.54, 1.807) is 0 Å². The molecule has 0 aliphatic heterocycles. The van der Waals surface area contributed by atoms with E-state index in [2.05, 4.69) is 64.0 Å². The Morgan fingerprint density at radius 1 is 1.28 bits per heavy atom. The zero-order valence-corrected chi connectivity index (χ0v) is 13.1. The Morgan fingerprint density at radius 2 is 1.89 bits per heavy atom. The molecule has 0 aromatic heterocycles. The van der Waals surface area contributed by atoms with Crippen LogP contribution in [0.3, 0.4) is 0 Å². The first-order valence-electron chi connectivity index (χ1n) is 6.47. The van der Waals surface area contributed by atoms with Gasteiger partial charge in [-0.15, -0.1) is 0 Å². The van der Waals surface area contributed by atoms with Gasteiger partial charge in [0.1, 0.15) is 0 Å². The van der Waals surface area contributed by atoms with Crippen molar-refractivity contribution in [2.75, 3.05) is 11.9 Å². The summed E-state index contributed by atoms with van der Waals surface area (Å²) in [6.07, 6.45) is 0. The molecule has 0 aliphatic rings. The van der Waals surface area contributed by atoms with E-state index in [0.29, 0.717) is 6.04 Å². The van der Waals surface area contributed by atoms with E-state index in [1.807, 2.05) is 6.07 Å². The van der Waals surface area contributed by atoms with Gasteiger partial charge in [0.05, 0.1) is 0 Å². The van der Waals surface area contributed by atoms with Gasteiger partial charge in [0.25, 0.3) is 0 Å². The van der Waals surface area contributed by atoms with Gasteiger partial charge in [-0.3, -0.25) is 0 Å². The van der Waals surface area contributed by atoms with E-state index in [9.17, 15) is 0 Å². The molecule has 0 saturated carbocycles. The first-order chi connectivity index (χ1) is 8.20. The monoisotopic (exact) mass is 268 g/mol. The first-order valence-corrected chi connectivity index (χ1v) is 6.85. The highest BCUT2D eigenvalue weighted by molar-refractivity contribution is 6.30. The van der Waals surface area contributed by atoms with E-state index < -0.39 is 0 Å². The van der Waals surface area contributed by atoms with E-state index in [1.165, 1.54) is 11.3 Å². The summed E-state index contributed by atoms with van der Waals surface area (Å²) in [6.45, 7) is 11.7. The first kappa shape index (κ1) is 15.3. The average Bonchev–Trinajstić information content (AvgIpc) is 2.24. The fraction of sp³-hybridized carbons (Fsp3) is 0.600. The Morgan fingerprint density at radius 3 is 2.39 bits per heavy atom. The lowest BCUT2D eigenvalue weighted by molar-refractivity contribution is 0.424. The highest BCUT2D eigenvalue weighted by atomic mass is 35.5. The van der Waals surface area contributed by atoms with Gasteiger partial charge in [-0.25, -0.2) is 0 Å². The van der Waals surface area contributed by atoms with E-state index in [-0.39, 0.29) is 5.54 Å². The summed E-state index contributed by atoms with van der Waals surface area (Å²) >= 11 is 6.10. The zero-order valence-electron chi connectivity index (χ0n) is 12.3. The quantitative estimate of drug-likeness (QED) is 0.885. The smallest absolute Gasteiger partial charge is 0.0412 e. The van der Waals surface area contributed by atoms with Crippen LogP contribution in [0, 0.1) is 0 Å². The second-order valence-electron chi connectivity index (χ2n) is 6.08. The van der Waals surface area contributed by atoms with E-state index >= 15 is 0 Å². The number of hydrogen-bond acceptors (Lipinski definition) is 2. The van der Waals surface area contributed by atoms with Crippen LogP contribution in [-0.2, 0) is 6.54 Å². The molecule has 0 fully saturated rings. The van der Waals surface area contributed by atoms with Crippen LogP contribution in [0.25, 0.3) is 0 Å². The molecule has 0 atom stereocenters. The van der Waals surface area contributed by atoms with Gasteiger partial charge < -0.3 is 10.2 Å². The number of hydrogen-bond donors (Lipinski definition) is 1. The number of anilines is 1. The molecule has 0 aliphatic carbocycles. The molecule has 0 amide bonds. The zero-order chi connectivity index (χ0) is 13.9. The normalized spacial score (nSPS) is 12.0. The molecule has 1 aromatic carbocycles. The second kappa shape index (κ2) is 5.94. The van der Waals surface area contributed by atoms with Gasteiger partial charge in [0.15, 0.2) is 0 Å². The molecule has 0 bridgehead atoms. The summed E-state index contributed by atoms with van der Waals surface area (Å²) in [5, 5.41) is 4.31. The third-order valence-electron chi connectivity index (χ3n) is 3.01. The Kier molecular flexibility index (Phi) is 5.06. The van der Waals surface area contributed by atoms with Gasteiger partial charge in [0.2, 0.25) is 0 Å². The van der Waals surface area contributed by atoms with Gasteiger partial charge in [-0.05, 0) is 58.4 Å². The molecule has 0 saturated heterocycles. The summed E-state index contributed by atoms with van der Waals surface area (Å²) in [7, 11) is 2.12. The highest BCUT2D eigenvalue weighted by Gasteiger charge is 2.14. The third-order valence-corrected chi connectivity index (χ3v) is 3.24. The van der Waals surface area contributed by atoms with Crippen LogP contribution >= 0.6 is 11.6 Å². The van der Waals surface area contributed by atoms with Gasteiger partial charge >= 0.3 is 0 Å². The van der Waals surface area contributed by atoms with Crippen LogP contribution in [-0.4, -0.2) is 18.6 Å². The fourth-order valence-electron chi connectivity index (χ4n) is 1.68. The standard InChI is InChI=1S/C15H25ClN2/c1-11(2)18(6)14-8-7-13(16)9-12(14)10-17-15(3,4)5/h7-9,11,17H,10H2,1-6H3. The van der Waals surface area contributed by atoms with Crippen LogP contribution in [0.15, 0.2) is 18.2 Å². The number of nitrogens with one attached hydrogen (secondary N) is 1. The summed E-state index contributed by atoms with van der Waals surface area (Å²) in [5.41, 5.74) is 2.59. The van der Waals surface area contributed by atoms with Crippen molar-refractivity contribution in [3.05, 3.63) is 28.8 Å². The largest absolute Gasteiger partial charge is 0.372 e. The molecule has 3 heteroatoms. The molecule has 0 unspecified atom stereocenters. The van der Waals surface area contributed by atoms with E-state index in [0.717, 1.165) is 11.6 Å². The maximum atomic E-state index is 6.10. The Bertz CT molecular complexity index is 394. The van der Waals surface area contributed by atoms with Crippen molar-refractivity contribution in [3.63, 3.8) is 0 Å². The maximum Gasteiger partial charge on any atom is 0.0412 e. The molecule has 0 spiro atoms. The van der Waals surface area contributed by atoms with Crippen molar-refractivity contribution in [3.8, 4) is 0 Å². The van der Waals surface area contributed by atoms with Crippen molar-refractivity contribution < 1.29 is 0 Å². The molecule has 0 heterocycles. The Hall–Kier alpha value is -0.730. The molecule has 102 valence electrons. The summed E-state index contributed by atoms with van der Waals surface area (Å²) in [5.74, 6) is 0. The van der Waals surface area contributed by atoms with Crippen LogP contribution in [0.2, 0.25) is 5.02 Å². The molecule has 18 heavy (non-hydrogen) atoms. The summed E-state index contributed by atoms with van der Waals surface area (Å²) in [6, 6.07) is 6.58. The molecule has 1 aromatic rings. The average molecular weight is 269 g/mol.